The number of methoxy groups -OCH3 is 1. The number of benzene rings is 1. The van der Waals surface area contributed by atoms with Crippen molar-refractivity contribution in [2.24, 2.45) is 5.92 Å². The lowest BCUT2D eigenvalue weighted by Crippen LogP contribution is -2.43. The molecule has 3 nitrogen and oxygen atoms in total. The summed E-state index contributed by atoms with van der Waals surface area (Å²) in [6.45, 7) is 3.61. The fourth-order valence-corrected chi connectivity index (χ4v) is 2.07. The highest BCUT2D eigenvalue weighted by molar-refractivity contribution is 9.10. The standard InChI is InChI=1S/C16H19BrO3/c1-4-5-12(2)16(19,15(18)20-3)11-10-13-6-8-14(17)9-7-13/h4-12,19H,1-3H3/b5-4+,11-10+/t12-,16-/m1/s1. The number of hydrogen-bond acceptors (Lipinski definition) is 3. The highest BCUT2D eigenvalue weighted by Crippen LogP contribution is 2.24. The first kappa shape index (κ1) is 16.7. The second kappa shape index (κ2) is 7.41. The van der Waals surface area contributed by atoms with Gasteiger partial charge >= 0.3 is 5.97 Å². The van der Waals surface area contributed by atoms with E-state index in [0.29, 0.717) is 0 Å². The Morgan fingerprint density at radius 2 is 2.00 bits per heavy atom. The van der Waals surface area contributed by atoms with E-state index >= 15 is 0 Å². The molecule has 0 aliphatic heterocycles. The van der Waals surface area contributed by atoms with Crippen molar-refractivity contribution in [2.45, 2.75) is 19.4 Å². The van der Waals surface area contributed by atoms with Crippen molar-refractivity contribution >= 4 is 28.0 Å². The van der Waals surface area contributed by atoms with Crippen LogP contribution >= 0.6 is 15.9 Å². The lowest BCUT2D eigenvalue weighted by molar-refractivity contribution is -0.160. The van der Waals surface area contributed by atoms with E-state index in [9.17, 15) is 9.90 Å². The fraction of sp³-hybridized carbons (Fsp3) is 0.312. The Morgan fingerprint density at radius 1 is 1.40 bits per heavy atom. The van der Waals surface area contributed by atoms with Gasteiger partial charge in [0.2, 0.25) is 0 Å². The Hall–Kier alpha value is -1.39. The molecule has 20 heavy (non-hydrogen) atoms. The molecule has 0 unspecified atom stereocenters. The van der Waals surface area contributed by atoms with Crippen molar-refractivity contribution in [3.8, 4) is 0 Å². The predicted octanol–water partition coefficient (Wildman–Crippen LogP) is 3.58. The van der Waals surface area contributed by atoms with Gasteiger partial charge in [0.1, 0.15) is 0 Å². The molecule has 4 heteroatoms. The zero-order valence-corrected chi connectivity index (χ0v) is 13.4. The summed E-state index contributed by atoms with van der Waals surface area (Å²) in [5, 5.41) is 10.6. The maximum Gasteiger partial charge on any atom is 0.342 e. The molecule has 0 saturated carbocycles. The summed E-state index contributed by atoms with van der Waals surface area (Å²) >= 11 is 3.36. The van der Waals surface area contributed by atoms with Gasteiger partial charge in [-0.15, -0.1) is 0 Å². The molecule has 0 aromatic heterocycles. The van der Waals surface area contributed by atoms with Crippen molar-refractivity contribution in [3.63, 3.8) is 0 Å². The molecular formula is C16H19BrO3. The maximum absolute atomic E-state index is 11.9. The third kappa shape index (κ3) is 4.05. The molecule has 108 valence electrons. The Balaban J connectivity index is 3.06. The molecule has 0 fully saturated rings. The molecular weight excluding hydrogens is 320 g/mol. The molecule has 1 N–H and O–H groups in total. The molecule has 1 aromatic rings. The Bertz CT molecular complexity index is 505. The first-order valence-electron chi connectivity index (χ1n) is 6.32. The lowest BCUT2D eigenvalue weighted by atomic mass is 9.87. The van der Waals surface area contributed by atoms with Crippen LogP contribution in [0.5, 0.6) is 0 Å². The van der Waals surface area contributed by atoms with Crippen LogP contribution in [0.3, 0.4) is 0 Å². The van der Waals surface area contributed by atoms with Gasteiger partial charge in [0, 0.05) is 10.4 Å². The van der Waals surface area contributed by atoms with Gasteiger partial charge in [-0.2, -0.15) is 0 Å². The number of rotatable bonds is 5. The Morgan fingerprint density at radius 3 is 2.50 bits per heavy atom. The number of halogens is 1. The van der Waals surface area contributed by atoms with Crippen LogP contribution < -0.4 is 0 Å². The number of aliphatic hydroxyl groups is 1. The maximum atomic E-state index is 11.9. The van der Waals surface area contributed by atoms with Crippen LogP contribution in [-0.2, 0) is 9.53 Å². The summed E-state index contributed by atoms with van der Waals surface area (Å²) in [5.74, 6) is -1.05. The SMILES string of the molecule is C/C=C/[C@@H](C)[C@](O)(/C=C/c1ccc(Br)cc1)C(=O)OC. The van der Waals surface area contributed by atoms with Crippen molar-refractivity contribution in [1.29, 1.82) is 0 Å². The van der Waals surface area contributed by atoms with Crippen LogP contribution in [-0.4, -0.2) is 23.8 Å². The van der Waals surface area contributed by atoms with Gasteiger partial charge in [0.05, 0.1) is 7.11 Å². The zero-order valence-electron chi connectivity index (χ0n) is 11.8. The molecule has 1 aromatic carbocycles. The summed E-state index contributed by atoms with van der Waals surface area (Å²) < 4.78 is 5.68. The normalized spacial score (nSPS) is 16.2. The van der Waals surface area contributed by atoms with Crippen molar-refractivity contribution in [2.75, 3.05) is 7.11 Å². The predicted molar refractivity (Wildman–Crippen MR) is 84.1 cm³/mol. The zero-order chi connectivity index (χ0) is 15.2. The number of hydrogen-bond donors (Lipinski definition) is 1. The Kier molecular flexibility index (Phi) is 6.17. The van der Waals surface area contributed by atoms with Gasteiger partial charge in [0.25, 0.3) is 0 Å². The van der Waals surface area contributed by atoms with E-state index in [1.165, 1.54) is 13.2 Å². The van der Waals surface area contributed by atoms with E-state index < -0.39 is 11.6 Å². The van der Waals surface area contributed by atoms with E-state index in [1.807, 2.05) is 31.2 Å². The first-order valence-corrected chi connectivity index (χ1v) is 7.11. The van der Waals surface area contributed by atoms with Crippen LogP contribution in [0, 0.1) is 5.92 Å². The summed E-state index contributed by atoms with van der Waals surface area (Å²) in [7, 11) is 1.27. The summed E-state index contributed by atoms with van der Waals surface area (Å²) in [4.78, 5) is 11.9. The number of carbonyl (C=O) groups is 1. The molecule has 0 aliphatic rings. The van der Waals surface area contributed by atoms with Crippen molar-refractivity contribution < 1.29 is 14.6 Å². The number of allylic oxidation sites excluding steroid dienone is 1. The molecule has 0 bridgehead atoms. The smallest absolute Gasteiger partial charge is 0.342 e. The minimum absolute atomic E-state index is 0.383. The molecule has 2 atom stereocenters. The average molecular weight is 339 g/mol. The fourth-order valence-electron chi connectivity index (χ4n) is 1.80. The molecule has 0 amide bonds. The van der Waals surface area contributed by atoms with E-state index in [4.69, 9.17) is 4.74 Å². The van der Waals surface area contributed by atoms with Crippen molar-refractivity contribution in [3.05, 3.63) is 52.5 Å². The topological polar surface area (TPSA) is 46.5 Å². The molecule has 0 radical (unpaired) electrons. The molecule has 0 aliphatic carbocycles. The van der Waals surface area contributed by atoms with E-state index in [1.54, 1.807) is 25.2 Å². The first-order chi connectivity index (χ1) is 9.43. The minimum Gasteiger partial charge on any atom is -0.467 e. The average Bonchev–Trinajstić information content (AvgIpc) is 2.45. The van der Waals surface area contributed by atoms with Gasteiger partial charge in [-0.3, -0.25) is 0 Å². The highest BCUT2D eigenvalue weighted by Gasteiger charge is 2.39. The van der Waals surface area contributed by atoms with Crippen LogP contribution in [0.1, 0.15) is 19.4 Å². The summed E-state index contributed by atoms with van der Waals surface area (Å²) in [6.07, 6.45) is 6.75. The quantitative estimate of drug-likeness (QED) is 0.659. The monoisotopic (exact) mass is 338 g/mol. The lowest BCUT2D eigenvalue weighted by Gasteiger charge is -2.26. The number of carbonyl (C=O) groups excluding carboxylic acids is 1. The molecule has 1 rings (SSSR count). The second-order valence-electron chi connectivity index (χ2n) is 4.52. The van der Waals surface area contributed by atoms with E-state index in [2.05, 4.69) is 15.9 Å². The number of ether oxygens (including phenoxy) is 1. The summed E-state index contributed by atoms with van der Waals surface area (Å²) in [5.41, 5.74) is -0.780. The number of esters is 1. The highest BCUT2D eigenvalue weighted by atomic mass is 79.9. The van der Waals surface area contributed by atoms with Crippen molar-refractivity contribution in [1.82, 2.24) is 0 Å². The van der Waals surface area contributed by atoms with Crippen LogP contribution in [0.4, 0.5) is 0 Å². The molecule has 0 spiro atoms. The third-order valence-corrected chi connectivity index (χ3v) is 3.62. The van der Waals surface area contributed by atoms with Crippen LogP contribution in [0.2, 0.25) is 0 Å². The largest absolute Gasteiger partial charge is 0.467 e. The van der Waals surface area contributed by atoms with E-state index in [0.717, 1.165) is 10.0 Å². The molecule has 0 heterocycles. The molecule has 0 saturated heterocycles. The van der Waals surface area contributed by atoms with Gasteiger partial charge in [0.15, 0.2) is 5.60 Å². The van der Waals surface area contributed by atoms with Gasteiger partial charge in [-0.1, -0.05) is 53.2 Å². The van der Waals surface area contributed by atoms with Gasteiger partial charge < -0.3 is 9.84 Å². The minimum atomic E-state index is -1.67. The third-order valence-electron chi connectivity index (χ3n) is 3.09. The second-order valence-corrected chi connectivity index (χ2v) is 5.43. The van der Waals surface area contributed by atoms with Crippen LogP contribution in [0.15, 0.2) is 47.0 Å². The van der Waals surface area contributed by atoms with E-state index in [-0.39, 0.29) is 5.92 Å². The van der Waals surface area contributed by atoms with Crippen LogP contribution in [0.25, 0.3) is 6.08 Å². The van der Waals surface area contributed by atoms with Gasteiger partial charge in [-0.25, -0.2) is 4.79 Å². The Labute approximate surface area is 128 Å². The van der Waals surface area contributed by atoms with Gasteiger partial charge in [-0.05, 0) is 30.7 Å². The summed E-state index contributed by atoms with van der Waals surface area (Å²) in [6, 6.07) is 7.57.